The molecule has 0 radical (unpaired) electrons. The van der Waals surface area contributed by atoms with Crippen LogP contribution in [0.4, 0.5) is 0 Å². The largest absolute Gasteiger partial charge is 0.485 e. The lowest BCUT2D eigenvalue weighted by Crippen LogP contribution is -2.05. The number of carbonyl (C=O) groups is 2. The number of ether oxygens (including phenoxy) is 2. The average Bonchev–Trinajstić information content (AvgIpc) is 2.95. The van der Waals surface area contributed by atoms with Crippen molar-refractivity contribution in [2.75, 3.05) is 13.7 Å². The second kappa shape index (κ2) is 5.48. The fraction of sp³-hybridized carbons (Fsp3) is 0.188. The van der Waals surface area contributed by atoms with Crippen LogP contribution in [0.15, 0.2) is 35.5 Å². The first-order chi connectivity index (χ1) is 10.6. The summed E-state index contributed by atoms with van der Waals surface area (Å²) in [6, 6.07) is 9.24. The van der Waals surface area contributed by atoms with Crippen molar-refractivity contribution >= 4 is 28.4 Å². The highest BCUT2D eigenvalue weighted by atomic mass is 16.7. The summed E-state index contributed by atoms with van der Waals surface area (Å²) in [7, 11) is 1.31. The van der Waals surface area contributed by atoms with Gasteiger partial charge in [-0.1, -0.05) is 29.4 Å². The van der Waals surface area contributed by atoms with E-state index in [1.54, 1.807) is 6.07 Å². The van der Waals surface area contributed by atoms with Gasteiger partial charge in [0, 0.05) is 6.92 Å². The van der Waals surface area contributed by atoms with Crippen LogP contribution in [0, 0.1) is 0 Å². The summed E-state index contributed by atoms with van der Waals surface area (Å²) in [6.45, 7) is 1.39. The van der Waals surface area contributed by atoms with Gasteiger partial charge < -0.3 is 14.3 Å². The summed E-state index contributed by atoms with van der Waals surface area (Å²) in [6.07, 6.45) is 0. The van der Waals surface area contributed by atoms with Crippen LogP contribution in [0.5, 0.6) is 5.75 Å². The molecular formula is C16H13NO5. The van der Waals surface area contributed by atoms with Crippen LogP contribution in [-0.2, 0) is 14.4 Å². The van der Waals surface area contributed by atoms with Crippen molar-refractivity contribution in [2.45, 2.75) is 6.92 Å². The summed E-state index contributed by atoms with van der Waals surface area (Å²) < 4.78 is 10.4. The summed E-state index contributed by atoms with van der Waals surface area (Å²) in [4.78, 5) is 27.6. The molecule has 0 saturated heterocycles. The fourth-order valence-electron chi connectivity index (χ4n) is 2.43. The van der Waals surface area contributed by atoms with Gasteiger partial charge in [-0.3, -0.25) is 0 Å². The minimum atomic E-state index is -0.519. The smallest absolute Gasteiger partial charge is 0.341 e. The highest BCUT2D eigenvalue weighted by molar-refractivity contribution is 6.18. The first-order valence-corrected chi connectivity index (χ1v) is 6.63. The molecule has 0 spiro atoms. The van der Waals surface area contributed by atoms with E-state index in [4.69, 9.17) is 14.3 Å². The Morgan fingerprint density at radius 1 is 1.27 bits per heavy atom. The molecule has 1 heterocycles. The lowest BCUT2D eigenvalue weighted by atomic mass is 9.98. The molecule has 1 aliphatic heterocycles. The Morgan fingerprint density at radius 2 is 2.05 bits per heavy atom. The van der Waals surface area contributed by atoms with E-state index in [1.807, 2.05) is 24.3 Å². The number of methoxy groups -OCH3 is 1. The summed E-state index contributed by atoms with van der Waals surface area (Å²) in [5, 5.41) is 5.55. The first-order valence-electron chi connectivity index (χ1n) is 6.63. The molecule has 0 bridgehead atoms. The number of oxime groups is 1. The van der Waals surface area contributed by atoms with Crippen LogP contribution >= 0.6 is 0 Å². The normalized spacial score (nSPS) is 14.5. The van der Waals surface area contributed by atoms with Crippen LogP contribution in [0.2, 0.25) is 0 Å². The Labute approximate surface area is 126 Å². The Hall–Kier alpha value is -2.89. The molecule has 0 saturated carbocycles. The zero-order chi connectivity index (χ0) is 15.7. The van der Waals surface area contributed by atoms with Gasteiger partial charge in [0.1, 0.15) is 23.6 Å². The Balaban J connectivity index is 2.26. The minimum Gasteiger partial charge on any atom is -0.485 e. The standard InChI is InChI=1S/C16H13NO5/c1-9(18)22-17-13-8-21-15-12(16(19)20-2)7-10-5-3-4-6-11(10)14(13)15/h3-7H,8H2,1-2H3. The topological polar surface area (TPSA) is 74.2 Å². The predicted octanol–water partition coefficient (Wildman–Crippen LogP) is 2.29. The maximum Gasteiger partial charge on any atom is 0.341 e. The van der Waals surface area contributed by atoms with Crippen LogP contribution in [0.25, 0.3) is 10.8 Å². The molecule has 22 heavy (non-hydrogen) atoms. The van der Waals surface area contributed by atoms with Crippen molar-refractivity contribution in [3.8, 4) is 5.75 Å². The van der Waals surface area contributed by atoms with Gasteiger partial charge in [0.25, 0.3) is 0 Å². The second-order valence-electron chi connectivity index (χ2n) is 4.75. The number of rotatable bonds is 2. The predicted molar refractivity (Wildman–Crippen MR) is 79.1 cm³/mol. The highest BCUT2D eigenvalue weighted by Crippen LogP contribution is 2.37. The zero-order valence-electron chi connectivity index (χ0n) is 12.1. The molecule has 0 fully saturated rings. The monoisotopic (exact) mass is 299 g/mol. The van der Waals surface area contributed by atoms with E-state index < -0.39 is 11.9 Å². The van der Waals surface area contributed by atoms with Crippen LogP contribution < -0.4 is 4.74 Å². The maximum atomic E-state index is 12.0. The number of benzene rings is 2. The third kappa shape index (κ3) is 2.28. The molecule has 1 aliphatic rings. The molecule has 2 aromatic rings. The van der Waals surface area contributed by atoms with Crippen molar-refractivity contribution in [1.82, 2.24) is 0 Å². The molecule has 0 aliphatic carbocycles. The molecule has 6 nitrogen and oxygen atoms in total. The Morgan fingerprint density at radius 3 is 2.77 bits per heavy atom. The summed E-state index contributed by atoms with van der Waals surface area (Å²) in [5.74, 6) is -0.610. The SMILES string of the molecule is COC(=O)c1cc2ccccc2c2c1OCC2=NOC(C)=O. The average molecular weight is 299 g/mol. The van der Waals surface area contributed by atoms with Crippen molar-refractivity contribution < 1.29 is 23.9 Å². The van der Waals surface area contributed by atoms with Gasteiger partial charge in [-0.15, -0.1) is 0 Å². The van der Waals surface area contributed by atoms with E-state index in [0.717, 1.165) is 10.8 Å². The Kier molecular flexibility index (Phi) is 3.50. The van der Waals surface area contributed by atoms with E-state index in [1.165, 1.54) is 14.0 Å². The minimum absolute atomic E-state index is 0.126. The molecular weight excluding hydrogens is 286 g/mol. The molecule has 112 valence electrons. The fourth-order valence-corrected chi connectivity index (χ4v) is 2.43. The molecule has 2 aromatic carbocycles. The lowest BCUT2D eigenvalue weighted by Gasteiger charge is -2.09. The van der Waals surface area contributed by atoms with Gasteiger partial charge in [0.05, 0.1) is 12.7 Å². The summed E-state index contributed by atoms with van der Waals surface area (Å²) in [5.41, 5.74) is 1.44. The van der Waals surface area contributed by atoms with Gasteiger partial charge in [-0.2, -0.15) is 0 Å². The third-order valence-electron chi connectivity index (χ3n) is 3.33. The maximum absolute atomic E-state index is 12.0. The number of esters is 1. The number of fused-ring (bicyclic) bond motifs is 3. The number of carbonyl (C=O) groups excluding carboxylic acids is 2. The van der Waals surface area contributed by atoms with Gasteiger partial charge in [-0.25, -0.2) is 9.59 Å². The second-order valence-corrected chi connectivity index (χ2v) is 4.75. The van der Waals surface area contributed by atoms with E-state index >= 15 is 0 Å². The molecule has 0 unspecified atom stereocenters. The quantitative estimate of drug-likeness (QED) is 0.483. The molecule has 0 amide bonds. The number of hydrogen-bond acceptors (Lipinski definition) is 6. The van der Waals surface area contributed by atoms with Crippen molar-refractivity contribution in [1.29, 1.82) is 0 Å². The van der Waals surface area contributed by atoms with E-state index in [2.05, 4.69) is 5.16 Å². The molecule has 0 N–H and O–H groups in total. The van der Waals surface area contributed by atoms with Crippen LogP contribution in [0.1, 0.15) is 22.8 Å². The molecule has 0 atom stereocenters. The van der Waals surface area contributed by atoms with E-state index in [9.17, 15) is 9.59 Å². The molecule has 3 rings (SSSR count). The first kappa shape index (κ1) is 14.1. The summed E-state index contributed by atoms with van der Waals surface area (Å²) >= 11 is 0. The highest BCUT2D eigenvalue weighted by Gasteiger charge is 2.29. The van der Waals surface area contributed by atoms with Crippen LogP contribution in [-0.4, -0.2) is 31.4 Å². The van der Waals surface area contributed by atoms with E-state index in [-0.39, 0.29) is 6.61 Å². The van der Waals surface area contributed by atoms with Gasteiger partial charge in [-0.05, 0) is 16.8 Å². The van der Waals surface area contributed by atoms with Crippen molar-refractivity contribution in [2.24, 2.45) is 5.16 Å². The lowest BCUT2D eigenvalue weighted by molar-refractivity contribution is -0.140. The van der Waals surface area contributed by atoms with E-state index in [0.29, 0.717) is 22.6 Å². The zero-order valence-corrected chi connectivity index (χ0v) is 12.1. The van der Waals surface area contributed by atoms with Gasteiger partial charge in [0.15, 0.2) is 0 Å². The van der Waals surface area contributed by atoms with Crippen molar-refractivity contribution in [3.05, 3.63) is 41.5 Å². The van der Waals surface area contributed by atoms with Gasteiger partial charge in [0.2, 0.25) is 0 Å². The number of nitrogens with zero attached hydrogens (tertiary/aromatic N) is 1. The molecule has 0 aromatic heterocycles. The Bertz CT molecular complexity index is 810. The van der Waals surface area contributed by atoms with Crippen molar-refractivity contribution in [3.63, 3.8) is 0 Å². The van der Waals surface area contributed by atoms with Crippen LogP contribution in [0.3, 0.4) is 0 Å². The van der Waals surface area contributed by atoms with Gasteiger partial charge >= 0.3 is 11.9 Å². The third-order valence-corrected chi connectivity index (χ3v) is 3.33. The molecule has 6 heteroatoms. The number of hydrogen-bond donors (Lipinski definition) is 0.